The molecule has 1 fully saturated rings. The van der Waals surface area contributed by atoms with E-state index in [9.17, 15) is 18.7 Å². The Hall–Kier alpha value is -3.53. The zero-order chi connectivity index (χ0) is 21.3. The highest BCUT2D eigenvalue weighted by atomic mass is 19.1. The molecule has 4 rings (SSSR count). The van der Waals surface area contributed by atoms with E-state index in [1.54, 1.807) is 6.07 Å². The molecule has 8 nitrogen and oxygen atoms in total. The summed E-state index contributed by atoms with van der Waals surface area (Å²) in [6, 6.07) is 7.49. The molecule has 0 aliphatic heterocycles. The number of carbonyl (C=O) groups is 1. The minimum atomic E-state index is -0.887. The molecule has 2 heterocycles. The average Bonchev–Trinajstić information content (AvgIpc) is 3.47. The first-order valence-corrected chi connectivity index (χ1v) is 9.40. The summed E-state index contributed by atoms with van der Waals surface area (Å²) in [6.07, 6.45) is 2.17. The summed E-state index contributed by atoms with van der Waals surface area (Å²) in [5.74, 6) is -1.45. The minimum Gasteiger partial charge on any atom is -0.394 e. The van der Waals surface area contributed by atoms with E-state index in [0.717, 1.165) is 24.6 Å². The largest absolute Gasteiger partial charge is 0.394 e. The fourth-order valence-corrected chi connectivity index (χ4v) is 3.09. The monoisotopic (exact) mass is 414 g/mol. The molecular weight excluding hydrogens is 394 g/mol. The maximum absolute atomic E-state index is 14.6. The maximum Gasteiger partial charge on any atom is 0.252 e. The Balaban J connectivity index is 1.63. The standard InChI is InChI=1S/C20H20F2N6O2/c21-12-5-3-11(4-6-12)16(9-29)24-19-13(18(23)30)7-14(22)20(26-19)25-17-8-15(27-28-17)10-1-2-10/h3-8,10,16,29H,1-2,9H2,(H2,23,30)(H3,24,25,26,27,28)/t16-/m0/s1. The molecule has 3 aromatic rings. The fraction of sp³-hybridized carbons (Fsp3) is 0.250. The Morgan fingerprint density at radius 3 is 2.60 bits per heavy atom. The highest BCUT2D eigenvalue weighted by Gasteiger charge is 2.26. The van der Waals surface area contributed by atoms with Crippen molar-refractivity contribution in [1.82, 2.24) is 15.2 Å². The molecular formula is C20H20F2N6O2. The second-order valence-corrected chi connectivity index (χ2v) is 7.12. The Morgan fingerprint density at radius 1 is 1.23 bits per heavy atom. The number of primary amides is 1. The smallest absolute Gasteiger partial charge is 0.252 e. The number of aromatic amines is 1. The predicted molar refractivity (Wildman–Crippen MR) is 106 cm³/mol. The van der Waals surface area contributed by atoms with Crippen LogP contribution in [0.4, 0.5) is 26.2 Å². The molecule has 1 aromatic carbocycles. The van der Waals surface area contributed by atoms with Gasteiger partial charge in [-0.25, -0.2) is 13.8 Å². The molecule has 0 radical (unpaired) electrons. The van der Waals surface area contributed by atoms with Crippen molar-refractivity contribution >= 4 is 23.4 Å². The molecule has 0 saturated heterocycles. The highest BCUT2D eigenvalue weighted by molar-refractivity contribution is 5.98. The first-order valence-electron chi connectivity index (χ1n) is 9.40. The first-order chi connectivity index (χ1) is 14.4. The molecule has 10 heteroatoms. The highest BCUT2D eigenvalue weighted by Crippen LogP contribution is 2.39. The van der Waals surface area contributed by atoms with Gasteiger partial charge in [0.2, 0.25) is 0 Å². The lowest BCUT2D eigenvalue weighted by Gasteiger charge is -2.20. The average molecular weight is 414 g/mol. The Kier molecular flexibility index (Phi) is 5.32. The van der Waals surface area contributed by atoms with Crippen molar-refractivity contribution in [2.45, 2.75) is 24.8 Å². The number of aromatic nitrogens is 3. The SMILES string of the molecule is NC(=O)c1cc(F)c(Nc2cc(C3CC3)[nH]n2)nc1N[C@@H](CO)c1ccc(F)cc1. The molecule has 1 amide bonds. The summed E-state index contributed by atoms with van der Waals surface area (Å²) < 4.78 is 27.7. The summed E-state index contributed by atoms with van der Waals surface area (Å²) in [6.45, 7) is -0.379. The van der Waals surface area contributed by atoms with E-state index in [1.807, 2.05) is 0 Å². The number of aliphatic hydroxyl groups is 1. The van der Waals surface area contributed by atoms with Crippen LogP contribution in [-0.2, 0) is 0 Å². The van der Waals surface area contributed by atoms with Gasteiger partial charge >= 0.3 is 0 Å². The van der Waals surface area contributed by atoms with Gasteiger partial charge in [0.15, 0.2) is 17.5 Å². The number of H-pyrrole nitrogens is 1. The van der Waals surface area contributed by atoms with Crippen molar-refractivity contribution in [3.63, 3.8) is 0 Å². The van der Waals surface area contributed by atoms with Gasteiger partial charge in [0.1, 0.15) is 11.6 Å². The van der Waals surface area contributed by atoms with Crippen LogP contribution in [0, 0.1) is 11.6 Å². The number of hydrogen-bond donors (Lipinski definition) is 5. The first kappa shape index (κ1) is 19.8. The molecule has 1 aliphatic rings. The Bertz CT molecular complexity index is 1070. The summed E-state index contributed by atoms with van der Waals surface area (Å²) in [7, 11) is 0. The topological polar surface area (TPSA) is 129 Å². The van der Waals surface area contributed by atoms with E-state index in [0.29, 0.717) is 17.3 Å². The minimum absolute atomic E-state index is 0.0206. The fourth-order valence-electron chi connectivity index (χ4n) is 3.09. The molecule has 0 unspecified atom stereocenters. The number of amides is 1. The Labute approximate surface area is 170 Å². The number of aliphatic hydroxyl groups excluding tert-OH is 1. The van der Waals surface area contributed by atoms with Gasteiger partial charge in [0, 0.05) is 17.7 Å². The summed E-state index contributed by atoms with van der Waals surface area (Å²) in [4.78, 5) is 16.0. The molecule has 0 spiro atoms. The third kappa shape index (κ3) is 4.23. The summed E-state index contributed by atoms with van der Waals surface area (Å²) >= 11 is 0. The number of anilines is 3. The van der Waals surface area contributed by atoms with Gasteiger partial charge in [-0.15, -0.1) is 0 Å². The van der Waals surface area contributed by atoms with Gasteiger partial charge in [0.25, 0.3) is 5.91 Å². The van der Waals surface area contributed by atoms with Crippen LogP contribution in [0.1, 0.15) is 46.4 Å². The van der Waals surface area contributed by atoms with Crippen LogP contribution in [0.3, 0.4) is 0 Å². The molecule has 6 N–H and O–H groups in total. The van der Waals surface area contributed by atoms with Crippen molar-refractivity contribution in [3.05, 3.63) is 64.9 Å². The lowest BCUT2D eigenvalue weighted by Crippen LogP contribution is -2.21. The van der Waals surface area contributed by atoms with Crippen LogP contribution in [0.5, 0.6) is 0 Å². The number of benzene rings is 1. The number of pyridine rings is 1. The third-order valence-electron chi connectivity index (χ3n) is 4.87. The second kappa shape index (κ2) is 8.07. The van der Waals surface area contributed by atoms with Gasteiger partial charge in [-0.1, -0.05) is 12.1 Å². The summed E-state index contributed by atoms with van der Waals surface area (Å²) in [5, 5.41) is 22.4. The second-order valence-electron chi connectivity index (χ2n) is 7.12. The van der Waals surface area contributed by atoms with Crippen molar-refractivity contribution in [2.24, 2.45) is 5.73 Å². The van der Waals surface area contributed by atoms with E-state index >= 15 is 0 Å². The quantitative estimate of drug-likeness (QED) is 0.385. The lowest BCUT2D eigenvalue weighted by molar-refractivity contribution is 0.1000. The van der Waals surface area contributed by atoms with E-state index in [4.69, 9.17) is 5.73 Å². The third-order valence-corrected chi connectivity index (χ3v) is 4.87. The van der Waals surface area contributed by atoms with Crippen LogP contribution < -0.4 is 16.4 Å². The number of nitrogens with two attached hydrogens (primary N) is 1. The van der Waals surface area contributed by atoms with Gasteiger partial charge in [-0.05, 0) is 36.6 Å². The van der Waals surface area contributed by atoms with E-state index in [1.165, 1.54) is 24.3 Å². The van der Waals surface area contributed by atoms with Crippen LogP contribution in [0.2, 0.25) is 0 Å². The van der Waals surface area contributed by atoms with Gasteiger partial charge in [0.05, 0.1) is 18.2 Å². The summed E-state index contributed by atoms with van der Waals surface area (Å²) in [5.41, 5.74) is 6.70. The predicted octanol–water partition coefficient (Wildman–Crippen LogP) is 2.95. The molecule has 0 bridgehead atoms. The number of halogens is 2. The Morgan fingerprint density at radius 2 is 1.97 bits per heavy atom. The lowest BCUT2D eigenvalue weighted by atomic mass is 10.1. The molecule has 1 aliphatic carbocycles. The maximum atomic E-state index is 14.6. The van der Waals surface area contributed by atoms with E-state index < -0.39 is 23.6 Å². The molecule has 30 heavy (non-hydrogen) atoms. The molecule has 156 valence electrons. The molecule has 1 atom stereocenters. The van der Waals surface area contributed by atoms with Gasteiger partial charge in [-0.2, -0.15) is 5.10 Å². The number of carbonyl (C=O) groups excluding carboxylic acids is 1. The normalized spacial score (nSPS) is 14.4. The molecule has 2 aromatic heterocycles. The van der Waals surface area contributed by atoms with Crippen LogP contribution in [0.15, 0.2) is 36.4 Å². The van der Waals surface area contributed by atoms with Crippen molar-refractivity contribution in [3.8, 4) is 0 Å². The van der Waals surface area contributed by atoms with Crippen LogP contribution in [0.25, 0.3) is 0 Å². The number of hydrogen-bond acceptors (Lipinski definition) is 6. The van der Waals surface area contributed by atoms with Gasteiger partial charge in [-0.3, -0.25) is 9.89 Å². The van der Waals surface area contributed by atoms with Crippen molar-refractivity contribution in [2.75, 3.05) is 17.2 Å². The number of rotatable bonds is 8. The zero-order valence-electron chi connectivity index (χ0n) is 15.8. The van der Waals surface area contributed by atoms with Crippen molar-refractivity contribution in [1.29, 1.82) is 0 Å². The molecule has 1 saturated carbocycles. The van der Waals surface area contributed by atoms with Crippen LogP contribution >= 0.6 is 0 Å². The number of nitrogens with zero attached hydrogens (tertiary/aromatic N) is 2. The van der Waals surface area contributed by atoms with E-state index in [-0.39, 0.29) is 23.8 Å². The van der Waals surface area contributed by atoms with Gasteiger partial charge < -0.3 is 21.5 Å². The number of nitrogens with one attached hydrogen (secondary N) is 3. The van der Waals surface area contributed by atoms with Crippen molar-refractivity contribution < 1.29 is 18.7 Å². The van der Waals surface area contributed by atoms with E-state index in [2.05, 4.69) is 25.8 Å². The zero-order valence-corrected chi connectivity index (χ0v) is 15.8. The van der Waals surface area contributed by atoms with Crippen LogP contribution in [-0.4, -0.2) is 32.8 Å².